The number of benzene rings is 1. The van der Waals surface area contributed by atoms with Crippen LogP contribution in [0.5, 0.6) is 0 Å². The molecule has 0 saturated heterocycles. The van der Waals surface area contributed by atoms with Crippen LogP contribution < -0.4 is 10.6 Å². The van der Waals surface area contributed by atoms with Gasteiger partial charge in [-0.3, -0.25) is 4.79 Å². The summed E-state index contributed by atoms with van der Waals surface area (Å²) in [6.07, 6.45) is 1.12. The number of nitrogens with one attached hydrogen (secondary N) is 2. The number of hydrogen-bond donors (Lipinski definition) is 2. The Morgan fingerprint density at radius 1 is 1.14 bits per heavy atom. The van der Waals surface area contributed by atoms with Crippen molar-refractivity contribution < 1.29 is 4.79 Å². The van der Waals surface area contributed by atoms with Gasteiger partial charge in [-0.1, -0.05) is 25.1 Å². The van der Waals surface area contributed by atoms with E-state index in [0.717, 1.165) is 30.9 Å². The molecule has 21 heavy (non-hydrogen) atoms. The minimum absolute atomic E-state index is 0.185. The van der Waals surface area contributed by atoms with Gasteiger partial charge >= 0.3 is 0 Å². The van der Waals surface area contributed by atoms with Gasteiger partial charge in [-0.25, -0.2) is 4.98 Å². The minimum Gasteiger partial charge on any atom is -0.321 e. The van der Waals surface area contributed by atoms with Crippen molar-refractivity contribution >= 4 is 11.6 Å². The Hall–Kier alpha value is -2.20. The first kappa shape index (κ1) is 15.2. The van der Waals surface area contributed by atoms with Gasteiger partial charge in [-0.15, -0.1) is 0 Å². The van der Waals surface area contributed by atoms with E-state index in [2.05, 4.69) is 22.5 Å². The third-order valence-corrected chi connectivity index (χ3v) is 3.09. The van der Waals surface area contributed by atoms with Crippen molar-refractivity contribution in [1.29, 1.82) is 0 Å². The predicted molar refractivity (Wildman–Crippen MR) is 85.4 cm³/mol. The lowest BCUT2D eigenvalue weighted by Gasteiger charge is -2.07. The molecule has 0 aliphatic heterocycles. The molecular weight excluding hydrogens is 262 g/mol. The van der Waals surface area contributed by atoms with Crippen molar-refractivity contribution in [1.82, 2.24) is 10.3 Å². The predicted octanol–water partition coefficient (Wildman–Crippen LogP) is 3.14. The maximum absolute atomic E-state index is 12.1. The lowest BCUT2D eigenvalue weighted by Crippen LogP contribution is -2.15. The van der Waals surface area contributed by atoms with E-state index < -0.39 is 0 Å². The van der Waals surface area contributed by atoms with Crippen LogP contribution in [0.4, 0.5) is 5.69 Å². The monoisotopic (exact) mass is 283 g/mol. The lowest BCUT2D eigenvalue weighted by molar-refractivity contribution is 0.102. The van der Waals surface area contributed by atoms with E-state index in [-0.39, 0.29) is 5.91 Å². The molecule has 0 aliphatic rings. The maximum Gasteiger partial charge on any atom is 0.274 e. The highest BCUT2D eigenvalue weighted by Crippen LogP contribution is 2.11. The average molecular weight is 283 g/mol. The lowest BCUT2D eigenvalue weighted by atomic mass is 10.2. The first-order chi connectivity index (χ1) is 10.2. The molecule has 0 spiro atoms. The van der Waals surface area contributed by atoms with Crippen LogP contribution in [0.1, 0.15) is 35.1 Å². The summed E-state index contributed by atoms with van der Waals surface area (Å²) in [5, 5.41) is 6.20. The third kappa shape index (κ3) is 4.68. The van der Waals surface area contributed by atoms with Crippen molar-refractivity contribution in [3.05, 3.63) is 59.4 Å². The van der Waals surface area contributed by atoms with Crippen molar-refractivity contribution in [3.8, 4) is 0 Å². The number of rotatable bonds is 6. The Labute approximate surface area is 125 Å². The number of pyridine rings is 1. The van der Waals surface area contributed by atoms with Gasteiger partial charge in [0.05, 0.1) is 0 Å². The van der Waals surface area contributed by atoms with Crippen molar-refractivity contribution in [2.45, 2.75) is 26.8 Å². The molecule has 1 aromatic carbocycles. The summed E-state index contributed by atoms with van der Waals surface area (Å²) in [4.78, 5) is 16.3. The highest BCUT2D eigenvalue weighted by molar-refractivity contribution is 6.02. The first-order valence-corrected chi connectivity index (χ1v) is 7.23. The van der Waals surface area contributed by atoms with E-state index in [0.29, 0.717) is 5.69 Å². The highest BCUT2D eigenvalue weighted by atomic mass is 16.1. The maximum atomic E-state index is 12.1. The van der Waals surface area contributed by atoms with Gasteiger partial charge in [-0.2, -0.15) is 0 Å². The molecule has 2 N–H and O–H groups in total. The summed E-state index contributed by atoms with van der Waals surface area (Å²) in [6, 6.07) is 13.3. The summed E-state index contributed by atoms with van der Waals surface area (Å²) in [5.74, 6) is -0.185. The Balaban J connectivity index is 1.95. The molecule has 0 atom stereocenters. The van der Waals surface area contributed by atoms with Gasteiger partial charge in [0.15, 0.2) is 0 Å². The smallest absolute Gasteiger partial charge is 0.274 e. The summed E-state index contributed by atoms with van der Waals surface area (Å²) in [7, 11) is 0. The van der Waals surface area contributed by atoms with Crippen LogP contribution in [-0.4, -0.2) is 17.4 Å². The zero-order valence-electron chi connectivity index (χ0n) is 12.5. The Kier molecular flexibility index (Phi) is 5.46. The van der Waals surface area contributed by atoms with E-state index in [1.165, 1.54) is 5.56 Å². The molecule has 0 unspecified atom stereocenters. The van der Waals surface area contributed by atoms with Crippen molar-refractivity contribution in [2.24, 2.45) is 0 Å². The number of amides is 1. The topological polar surface area (TPSA) is 54.0 Å². The molecule has 4 heteroatoms. The van der Waals surface area contributed by atoms with Crippen LogP contribution in [0.3, 0.4) is 0 Å². The molecule has 110 valence electrons. The molecule has 4 nitrogen and oxygen atoms in total. The zero-order chi connectivity index (χ0) is 15.1. The number of nitrogens with zero attached hydrogens (tertiary/aromatic N) is 1. The minimum atomic E-state index is -0.185. The fraction of sp³-hybridized carbons (Fsp3) is 0.294. The Morgan fingerprint density at radius 3 is 2.57 bits per heavy atom. The van der Waals surface area contributed by atoms with Crippen LogP contribution in [0.2, 0.25) is 0 Å². The van der Waals surface area contributed by atoms with Crippen LogP contribution in [0.15, 0.2) is 42.5 Å². The molecule has 0 saturated carbocycles. The molecule has 2 rings (SSSR count). The fourth-order valence-electron chi connectivity index (χ4n) is 1.98. The van der Waals surface area contributed by atoms with Crippen LogP contribution >= 0.6 is 0 Å². The third-order valence-electron chi connectivity index (χ3n) is 3.09. The van der Waals surface area contributed by atoms with E-state index in [4.69, 9.17) is 0 Å². The normalized spacial score (nSPS) is 10.4. The zero-order valence-corrected chi connectivity index (χ0v) is 12.5. The van der Waals surface area contributed by atoms with Gasteiger partial charge < -0.3 is 10.6 Å². The number of hydrogen-bond acceptors (Lipinski definition) is 3. The van der Waals surface area contributed by atoms with Gasteiger partial charge in [0, 0.05) is 17.9 Å². The molecule has 1 amide bonds. The second kappa shape index (κ2) is 7.55. The molecule has 1 heterocycles. The molecule has 2 aromatic rings. The number of anilines is 1. The Bertz CT molecular complexity index is 593. The number of aromatic nitrogens is 1. The second-order valence-electron chi connectivity index (χ2n) is 4.99. The molecular formula is C17H21N3O. The van der Waals surface area contributed by atoms with Gasteiger partial charge in [0.1, 0.15) is 5.69 Å². The van der Waals surface area contributed by atoms with E-state index >= 15 is 0 Å². The van der Waals surface area contributed by atoms with Gasteiger partial charge in [0.25, 0.3) is 5.91 Å². The summed E-state index contributed by atoms with van der Waals surface area (Å²) >= 11 is 0. The van der Waals surface area contributed by atoms with Gasteiger partial charge in [0.2, 0.25) is 0 Å². The fourth-order valence-corrected chi connectivity index (χ4v) is 1.98. The van der Waals surface area contributed by atoms with Crippen LogP contribution in [0, 0.1) is 6.92 Å². The van der Waals surface area contributed by atoms with Crippen LogP contribution in [-0.2, 0) is 6.54 Å². The molecule has 0 aliphatic carbocycles. The van der Waals surface area contributed by atoms with E-state index in [9.17, 15) is 4.79 Å². The standard InChI is InChI=1S/C17H21N3O/c1-3-11-18-12-14-7-9-15(10-8-14)20-17(21)16-6-4-5-13(2)19-16/h4-10,18H,3,11-12H2,1-2H3,(H,20,21). The first-order valence-electron chi connectivity index (χ1n) is 7.23. The number of carbonyl (C=O) groups excluding carboxylic acids is 1. The van der Waals surface area contributed by atoms with Crippen LogP contribution in [0.25, 0.3) is 0 Å². The summed E-state index contributed by atoms with van der Waals surface area (Å²) in [6.45, 7) is 5.87. The quantitative estimate of drug-likeness (QED) is 0.801. The molecule has 0 bridgehead atoms. The van der Waals surface area contributed by atoms with Crippen molar-refractivity contribution in [2.75, 3.05) is 11.9 Å². The largest absolute Gasteiger partial charge is 0.321 e. The Morgan fingerprint density at radius 2 is 1.90 bits per heavy atom. The van der Waals surface area contributed by atoms with E-state index in [1.54, 1.807) is 6.07 Å². The molecule has 0 radical (unpaired) electrons. The van der Waals surface area contributed by atoms with Crippen molar-refractivity contribution in [3.63, 3.8) is 0 Å². The number of aryl methyl sites for hydroxylation is 1. The highest BCUT2D eigenvalue weighted by Gasteiger charge is 2.07. The second-order valence-corrected chi connectivity index (χ2v) is 4.99. The molecule has 0 fully saturated rings. The van der Waals surface area contributed by atoms with E-state index in [1.807, 2.05) is 43.3 Å². The van der Waals surface area contributed by atoms with Gasteiger partial charge in [-0.05, 0) is 49.7 Å². The number of carbonyl (C=O) groups is 1. The molecule has 1 aromatic heterocycles. The average Bonchev–Trinajstić information content (AvgIpc) is 2.49. The summed E-state index contributed by atoms with van der Waals surface area (Å²) < 4.78 is 0. The summed E-state index contributed by atoms with van der Waals surface area (Å²) in [5.41, 5.74) is 3.25. The SMILES string of the molecule is CCCNCc1ccc(NC(=O)c2cccc(C)n2)cc1.